The normalized spacial score (nSPS) is 12.1. The number of hydrogen-bond donors (Lipinski definition) is 2. The number of pyridine rings is 1. The molecule has 2 aromatic rings. The van der Waals surface area contributed by atoms with Crippen molar-refractivity contribution in [3.05, 3.63) is 42.3 Å². The third-order valence-electron chi connectivity index (χ3n) is 2.42. The lowest BCUT2D eigenvalue weighted by molar-refractivity contribution is 0.0991. The number of nitrogens with one attached hydrogen (secondary N) is 2. The van der Waals surface area contributed by atoms with Gasteiger partial charge in [0.15, 0.2) is 5.76 Å². The highest BCUT2D eigenvalue weighted by atomic mass is 32.2. The van der Waals surface area contributed by atoms with Gasteiger partial charge in [-0.15, -0.1) is 0 Å². The van der Waals surface area contributed by atoms with Gasteiger partial charge in [-0.25, -0.2) is 18.1 Å². The molecule has 0 saturated heterocycles. The van der Waals surface area contributed by atoms with Crippen LogP contribution in [0.25, 0.3) is 0 Å². The minimum Gasteiger partial charge on any atom is -0.438 e. The van der Waals surface area contributed by atoms with Gasteiger partial charge in [-0.2, -0.15) is 0 Å². The second-order valence-corrected chi connectivity index (χ2v) is 7.26. The van der Waals surface area contributed by atoms with Gasteiger partial charge in [0, 0.05) is 11.7 Å². The van der Waals surface area contributed by atoms with Crippen LogP contribution in [0.15, 0.2) is 46.0 Å². The Labute approximate surface area is 128 Å². The number of furan rings is 1. The summed E-state index contributed by atoms with van der Waals surface area (Å²) in [5.74, 6) is -0.336. The van der Waals surface area contributed by atoms with E-state index in [1.165, 1.54) is 18.3 Å². The fourth-order valence-electron chi connectivity index (χ4n) is 1.65. The Kier molecular flexibility index (Phi) is 4.34. The molecular formula is C14H17N3O4S. The van der Waals surface area contributed by atoms with E-state index in [4.69, 9.17) is 4.42 Å². The van der Waals surface area contributed by atoms with Gasteiger partial charge in [0.1, 0.15) is 5.82 Å². The molecule has 0 fully saturated rings. The number of carbonyl (C=O) groups is 1. The van der Waals surface area contributed by atoms with E-state index in [0.717, 1.165) is 0 Å². The van der Waals surface area contributed by atoms with Crippen LogP contribution in [0.1, 0.15) is 31.3 Å². The lowest BCUT2D eigenvalue weighted by Gasteiger charge is -2.18. The molecule has 1 amide bonds. The fourth-order valence-corrected chi connectivity index (χ4v) is 3.01. The Morgan fingerprint density at radius 1 is 1.18 bits per heavy atom. The Bertz CT molecular complexity index is 761. The molecule has 2 rings (SSSR count). The van der Waals surface area contributed by atoms with E-state index < -0.39 is 21.5 Å². The van der Waals surface area contributed by atoms with Crippen molar-refractivity contribution in [2.75, 3.05) is 5.32 Å². The second-order valence-electron chi connectivity index (χ2n) is 5.64. The summed E-state index contributed by atoms with van der Waals surface area (Å²) in [6, 6.07) is 7.58. The average molecular weight is 323 g/mol. The lowest BCUT2D eigenvalue weighted by Crippen LogP contribution is -2.40. The zero-order valence-electron chi connectivity index (χ0n) is 12.5. The molecule has 0 bridgehead atoms. The van der Waals surface area contributed by atoms with Crippen molar-refractivity contribution in [1.29, 1.82) is 0 Å². The van der Waals surface area contributed by atoms with Crippen LogP contribution in [0.4, 0.5) is 5.82 Å². The van der Waals surface area contributed by atoms with Gasteiger partial charge in [0.25, 0.3) is 15.9 Å². The molecule has 118 valence electrons. The summed E-state index contributed by atoms with van der Waals surface area (Å²) in [6.45, 7) is 5.13. The number of anilines is 1. The topological polar surface area (TPSA) is 101 Å². The van der Waals surface area contributed by atoms with Gasteiger partial charge < -0.3 is 9.73 Å². The summed E-state index contributed by atoms with van der Waals surface area (Å²) in [5.41, 5.74) is -0.651. The third-order valence-corrected chi connectivity index (χ3v) is 4.05. The molecule has 0 aliphatic heterocycles. The molecule has 0 atom stereocenters. The molecule has 0 radical (unpaired) electrons. The van der Waals surface area contributed by atoms with Crippen molar-refractivity contribution in [3.8, 4) is 0 Å². The van der Waals surface area contributed by atoms with E-state index in [0.29, 0.717) is 5.82 Å². The summed E-state index contributed by atoms with van der Waals surface area (Å²) < 4.78 is 31.8. The van der Waals surface area contributed by atoms with Crippen LogP contribution in [0.3, 0.4) is 0 Å². The lowest BCUT2D eigenvalue weighted by atomic mass is 10.1. The van der Waals surface area contributed by atoms with E-state index in [9.17, 15) is 13.2 Å². The first-order chi connectivity index (χ1) is 10.2. The van der Waals surface area contributed by atoms with Gasteiger partial charge >= 0.3 is 0 Å². The van der Waals surface area contributed by atoms with E-state index in [1.54, 1.807) is 39.0 Å². The number of aromatic nitrogens is 1. The maximum absolute atomic E-state index is 12.1. The summed E-state index contributed by atoms with van der Waals surface area (Å²) in [6.07, 6.45) is 1.53. The molecule has 2 N–H and O–H groups in total. The van der Waals surface area contributed by atoms with Gasteiger partial charge in [0.2, 0.25) is 5.09 Å². The number of nitrogens with zero attached hydrogens (tertiary/aromatic N) is 1. The average Bonchev–Trinajstić information content (AvgIpc) is 2.87. The maximum Gasteiger partial charge on any atom is 0.292 e. The smallest absolute Gasteiger partial charge is 0.292 e. The molecule has 22 heavy (non-hydrogen) atoms. The highest BCUT2D eigenvalue weighted by molar-refractivity contribution is 7.89. The van der Waals surface area contributed by atoms with E-state index in [2.05, 4.69) is 15.0 Å². The summed E-state index contributed by atoms with van der Waals surface area (Å²) in [5, 5.41) is 2.20. The van der Waals surface area contributed by atoms with Gasteiger partial charge in [0.05, 0.1) is 0 Å². The first-order valence-corrected chi connectivity index (χ1v) is 8.02. The largest absolute Gasteiger partial charge is 0.438 e. The Balaban J connectivity index is 2.16. The maximum atomic E-state index is 12.1. The number of hydrogen-bond acceptors (Lipinski definition) is 5. The van der Waals surface area contributed by atoms with Crippen LogP contribution in [0.2, 0.25) is 0 Å². The van der Waals surface area contributed by atoms with Crippen molar-refractivity contribution in [1.82, 2.24) is 9.71 Å². The zero-order chi connectivity index (χ0) is 16.4. The molecule has 0 aliphatic rings. The minimum absolute atomic E-state index is 0.111. The second kappa shape index (κ2) is 5.90. The fraction of sp³-hybridized carbons (Fsp3) is 0.286. The molecule has 8 heteroatoms. The molecule has 0 aliphatic carbocycles. The minimum atomic E-state index is -3.82. The molecule has 0 aromatic carbocycles. The summed E-state index contributed by atoms with van der Waals surface area (Å²) >= 11 is 0. The van der Waals surface area contributed by atoms with Crippen LogP contribution in [-0.2, 0) is 10.0 Å². The number of rotatable bonds is 4. The van der Waals surface area contributed by atoms with E-state index >= 15 is 0 Å². The molecule has 0 unspecified atom stereocenters. The van der Waals surface area contributed by atoms with Gasteiger partial charge in [-0.05, 0) is 45.0 Å². The molecule has 0 saturated carbocycles. The zero-order valence-corrected chi connectivity index (χ0v) is 13.3. The molecule has 2 aromatic heterocycles. The molecule has 0 spiro atoms. The number of carbonyl (C=O) groups excluding carboxylic acids is 1. The number of amides is 1. The number of sulfonamides is 1. The van der Waals surface area contributed by atoms with Crippen LogP contribution >= 0.6 is 0 Å². The first kappa shape index (κ1) is 16.2. The molecular weight excluding hydrogens is 306 g/mol. The Morgan fingerprint density at radius 3 is 2.50 bits per heavy atom. The van der Waals surface area contributed by atoms with Crippen molar-refractivity contribution in [2.24, 2.45) is 0 Å². The van der Waals surface area contributed by atoms with Crippen molar-refractivity contribution in [2.45, 2.75) is 31.4 Å². The SMILES string of the molecule is CC(C)(C)NS(=O)(=O)c1ccc(C(=O)Nc2ccccn2)o1. The van der Waals surface area contributed by atoms with Crippen LogP contribution < -0.4 is 10.0 Å². The summed E-state index contributed by atoms with van der Waals surface area (Å²) in [4.78, 5) is 15.9. The van der Waals surface area contributed by atoms with Crippen molar-refractivity contribution in [3.63, 3.8) is 0 Å². The third kappa shape index (κ3) is 4.15. The highest BCUT2D eigenvalue weighted by Crippen LogP contribution is 2.17. The van der Waals surface area contributed by atoms with Crippen LogP contribution in [-0.4, -0.2) is 24.8 Å². The molecule has 7 nitrogen and oxygen atoms in total. The predicted octanol–water partition coefficient (Wildman–Crippen LogP) is 2.00. The van der Waals surface area contributed by atoms with E-state index in [1.807, 2.05) is 0 Å². The Hall–Kier alpha value is -2.19. The van der Waals surface area contributed by atoms with Crippen LogP contribution in [0.5, 0.6) is 0 Å². The quantitative estimate of drug-likeness (QED) is 0.896. The standard InChI is InChI=1S/C14H17N3O4S/c1-14(2,3)17-22(19,20)12-8-7-10(21-12)13(18)16-11-6-4-5-9-15-11/h4-9,17H,1-3H3,(H,15,16,18). The summed E-state index contributed by atoms with van der Waals surface area (Å²) in [7, 11) is -3.82. The van der Waals surface area contributed by atoms with Crippen molar-refractivity contribution < 1.29 is 17.6 Å². The Morgan fingerprint density at radius 2 is 1.91 bits per heavy atom. The first-order valence-electron chi connectivity index (χ1n) is 6.54. The van der Waals surface area contributed by atoms with Gasteiger partial charge in [-0.1, -0.05) is 6.07 Å². The monoisotopic (exact) mass is 323 g/mol. The van der Waals surface area contributed by atoms with Crippen molar-refractivity contribution >= 4 is 21.7 Å². The predicted molar refractivity (Wildman–Crippen MR) is 81.0 cm³/mol. The van der Waals surface area contributed by atoms with Gasteiger partial charge in [-0.3, -0.25) is 4.79 Å². The van der Waals surface area contributed by atoms with E-state index in [-0.39, 0.29) is 10.9 Å². The van der Waals surface area contributed by atoms with Crippen LogP contribution in [0, 0.1) is 0 Å². The highest BCUT2D eigenvalue weighted by Gasteiger charge is 2.26. The molecule has 2 heterocycles.